The maximum atomic E-state index is 5.58. The van der Waals surface area contributed by atoms with Crippen LogP contribution < -0.4 is 11.3 Å². The monoisotopic (exact) mass is 232 g/mol. The Labute approximate surface area is 99.8 Å². The molecule has 0 aromatic heterocycles. The van der Waals surface area contributed by atoms with Crippen LogP contribution in [0, 0.1) is 0 Å². The molecule has 0 aromatic carbocycles. The number of methoxy groups -OCH3 is 2. The second-order valence-electron chi connectivity index (χ2n) is 4.84. The van der Waals surface area contributed by atoms with E-state index in [1.807, 2.05) is 0 Å². The van der Waals surface area contributed by atoms with E-state index < -0.39 is 0 Å². The molecule has 4 heteroatoms. The van der Waals surface area contributed by atoms with E-state index in [1.54, 1.807) is 14.2 Å². The van der Waals surface area contributed by atoms with E-state index in [1.165, 1.54) is 0 Å². The molecular weight excluding hydrogens is 204 g/mol. The number of nitrogens with one attached hydrogen (secondary N) is 1. The van der Waals surface area contributed by atoms with Gasteiger partial charge in [-0.05, 0) is 33.1 Å². The maximum Gasteiger partial charge on any atom is 0.0737 e. The first-order valence-electron chi connectivity index (χ1n) is 6.04. The first kappa shape index (κ1) is 15.8. The highest BCUT2D eigenvalue weighted by Crippen LogP contribution is 2.19. The van der Waals surface area contributed by atoms with Crippen LogP contribution in [0.1, 0.15) is 46.5 Å². The zero-order chi connectivity index (χ0) is 12.6. The van der Waals surface area contributed by atoms with Crippen LogP contribution in [0.3, 0.4) is 0 Å². The molecule has 0 fully saturated rings. The van der Waals surface area contributed by atoms with Crippen molar-refractivity contribution in [2.75, 3.05) is 14.2 Å². The van der Waals surface area contributed by atoms with Gasteiger partial charge in [0.05, 0.1) is 11.7 Å². The van der Waals surface area contributed by atoms with Crippen LogP contribution in [0.4, 0.5) is 0 Å². The van der Waals surface area contributed by atoms with E-state index in [2.05, 4.69) is 26.2 Å². The standard InChI is InChI=1S/C12H28N2O2/c1-6-7-11(15-4)10(14-13)8-9-12(2,3)16-5/h10-11,14H,6-9,13H2,1-5H3. The van der Waals surface area contributed by atoms with Gasteiger partial charge in [0, 0.05) is 20.3 Å². The number of ether oxygens (including phenoxy) is 2. The number of nitrogens with two attached hydrogens (primary N) is 1. The normalized spacial score (nSPS) is 16.1. The van der Waals surface area contributed by atoms with Crippen LogP contribution in [0.25, 0.3) is 0 Å². The minimum atomic E-state index is -0.0976. The van der Waals surface area contributed by atoms with Crippen molar-refractivity contribution in [1.82, 2.24) is 5.43 Å². The molecule has 2 unspecified atom stereocenters. The number of hydrazine groups is 1. The molecule has 0 aliphatic heterocycles. The minimum absolute atomic E-state index is 0.0976. The van der Waals surface area contributed by atoms with E-state index >= 15 is 0 Å². The Morgan fingerprint density at radius 3 is 2.25 bits per heavy atom. The van der Waals surface area contributed by atoms with Crippen LogP contribution >= 0.6 is 0 Å². The van der Waals surface area contributed by atoms with Crippen molar-refractivity contribution in [2.45, 2.75) is 64.2 Å². The van der Waals surface area contributed by atoms with Crippen molar-refractivity contribution >= 4 is 0 Å². The molecular formula is C12H28N2O2. The molecule has 0 aliphatic rings. The van der Waals surface area contributed by atoms with Gasteiger partial charge in [-0.1, -0.05) is 13.3 Å². The predicted octanol–water partition coefficient (Wildman–Crippen LogP) is 1.84. The summed E-state index contributed by atoms with van der Waals surface area (Å²) in [6.07, 6.45) is 4.23. The molecule has 0 radical (unpaired) electrons. The first-order valence-corrected chi connectivity index (χ1v) is 6.04. The average molecular weight is 232 g/mol. The maximum absolute atomic E-state index is 5.58. The topological polar surface area (TPSA) is 56.5 Å². The van der Waals surface area contributed by atoms with Gasteiger partial charge in [-0.2, -0.15) is 0 Å². The lowest BCUT2D eigenvalue weighted by molar-refractivity contribution is 0.00112. The Hall–Kier alpha value is -0.160. The van der Waals surface area contributed by atoms with Gasteiger partial charge in [-0.25, -0.2) is 0 Å². The summed E-state index contributed by atoms with van der Waals surface area (Å²) in [4.78, 5) is 0. The summed E-state index contributed by atoms with van der Waals surface area (Å²) in [6.45, 7) is 6.32. The largest absolute Gasteiger partial charge is 0.380 e. The van der Waals surface area contributed by atoms with Crippen molar-refractivity contribution in [1.29, 1.82) is 0 Å². The van der Waals surface area contributed by atoms with E-state index in [-0.39, 0.29) is 17.7 Å². The first-order chi connectivity index (χ1) is 7.50. The molecule has 98 valence electrons. The van der Waals surface area contributed by atoms with Gasteiger partial charge in [0.15, 0.2) is 0 Å². The van der Waals surface area contributed by atoms with Crippen LogP contribution in [-0.4, -0.2) is 32.0 Å². The van der Waals surface area contributed by atoms with Crippen molar-refractivity contribution in [2.24, 2.45) is 5.84 Å². The quantitative estimate of drug-likeness (QED) is 0.470. The third-order valence-corrected chi connectivity index (χ3v) is 3.15. The predicted molar refractivity (Wildman–Crippen MR) is 67.1 cm³/mol. The van der Waals surface area contributed by atoms with Crippen LogP contribution in [0.15, 0.2) is 0 Å². The highest BCUT2D eigenvalue weighted by Gasteiger charge is 2.23. The van der Waals surface area contributed by atoms with Crippen molar-refractivity contribution in [3.05, 3.63) is 0 Å². The third kappa shape index (κ3) is 5.80. The Kier molecular flexibility index (Phi) is 7.93. The molecule has 0 saturated heterocycles. The summed E-state index contributed by atoms with van der Waals surface area (Å²) in [5, 5.41) is 0. The fraction of sp³-hybridized carbons (Fsp3) is 1.00. The van der Waals surface area contributed by atoms with Gasteiger partial charge in [0.25, 0.3) is 0 Å². The summed E-state index contributed by atoms with van der Waals surface area (Å²) < 4.78 is 10.9. The Bertz CT molecular complexity index is 174. The zero-order valence-corrected chi connectivity index (χ0v) is 11.4. The Morgan fingerprint density at radius 2 is 1.88 bits per heavy atom. The average Bonchev–Trinajstić information content (AvgIpc) is 2.28. The zero-order valence-electron chi connectivity index (χ0n) is 11.4. The Morgan fingerprint density at radius 1 is 1.25 bits per heavy atom. The summed E-state index contributed by atoms with van der Waals surface area (Å²) >= 11 is 0. The van der Waals surface area contributed by atoms with Gasteiger partial charge in [-0.15, -0.1) is 0 Å². The second kappa shape index (κ2) is 8.01. The van der Waals surface area contributed by atoms with Crippen LogP contribution in [0.2, 0.25) is 0 Å². The molecule has 3 N–H and O–H groups in total. The van der Waals surface area contributed by atoms with E-state index in [4.69, 9.17) is 15.3 Å². The summed E-state index contributed by atoms with van der Waals surface area (Å²) in [7, 11) is 3.48. The van der Waals surface area contributed by atoms with Crippen molar-refractivity contribution in [3.8, 4) is 0 Å². The minimum Gasteiger partial charge on any atom is -0.380 e. The lowest BCUT2D eigenvalue weighted by Crippen LogP contribution is -2.45. The molecule has 0 heterocycles. The fourth-order valence-electron chi connectivity index (χ4n) is 1.75. The lowest BCUT2D eigenvalue weighted by Gasteiger charge is -2.29. The van der Waals surface area contributed by atoms with Crippen LogP contribution in [-0.2, 0) is 9.47 Å². The highest BCUT2D eigenvalue weighted by atomic mass is 16.5. The third-order valence-electron chi connectivity index (χ3n) is 3.15. The molecule has 2 atom stereocenters. The molecule has 0 rings (SSSR count). The summed E-state index contributed by atoms with van der Waals surface area (Å²) in [6, 6.07) is 0.194. The molecule has 0 spiro atoms. The van der Waals surface area contributed by atoms with Gasteiger partial charge in [0.2, 0.25) is 0 Å². The van der Waals surface area contributed by atoms with E-state index in [9.17, 15) is 0 Å². The van der Waals surface area contributed by atoms with Gasteiger partial charge in [-0.3, -0.25) is 11.3 Å². The summed E-state index contributed by atoms with van der Waals surface area (Å²) in [5.74, 6) is 5.58. The van der Waals surface area contributed by atoms with Crippen LogP contribution in [0.5, 0.6) is 0 Å². The smallest absolute Gasteiger partial charge is 0.0737 e. The van der Waals surface area contributed by atoms with E-state index in [0.717, 1.165) is 25.7 Å². The SMILES string of the molecule is CCCC(OC)C(CCC(C)(C)OC)NN. The second-order valence-corrected chi connectivity index (χ2v) is 4.84. The number of rotatable bonds is 9. The number of hydrogen-bond acceptors (Lipinski definition) is 4. The van der Waals surface area contributed by atoms with E-state index in [0.29, 0.717) is 0 Å². The molecule has 0 aromatic rings. The number of hydrogen-bond donors (Lipinski definition) is 2. The molecule has 0 bridgehead atoms. The fourth-order valence-corrected chi connectivity index (χ4v) is 1.75. The summed E-state index contributed by atoms with van der Waals surface area (Å²) in [5.41, 5.74) is 2.76. The van der Waals surface area contributed by atoms with Crippen molar-refractivity contribution < 1.29 is 9.47 Å². The van der Waals surface area contributed by atoms with Gasteiger partial charge < -0.3 is 9.47 Å². The highest BCUT2D eigenvalue weighted by molar-refractivity contribution is 4.79. The van der Waals surface area contributed by atoms with Gasteiger partial charge >= 0.3 is 0 Å². The molecule has 4 nitrogen and oxygen atoms in total. The molecule has 0 amide bonds. The molecule has 0 aliphatic carbocycles. The lowest BCUT2D eigenvalue weighted by atomic mass is 9.95. The van der Waals surface area contributed by atoms with Gasteiger partial charge in [0.1, 0.15) is 0 Å². The Balaban J connectivity index is 4.17. The molecule has 16 heavy (non-hydrogen) atoms. The van der Waals surface area contributed by atoms with Crippen molar-refractivity contribution in [3.63, 3.8) is 0 Å². The molecule has 0 saturated carbocycles.